The van der Waals surface area contributed by atoms with Crippen LogP contribution in [0.1, 0.15) is 17.4 Å². The van der Waals surface area contributed by atoms with E-state index in [9.17, 15) is 4.79 Å². The van der Waals surface area contributed by atoms with Crippen LogP contribution in [-0.2, 0) is 6.54 Å². The predicted molar refractivity (Wildman–Crippen MR) is 87.5 cm³/mol. The molecule has 1 fully saturated rings. The van der Waals surface area contributed by atoms with Gasteiger partial charge in [-0.25, -0.2) is 0 Å². The van der Waals surface area contributed by atoms with Gasteiger partial charge in [0.05, 0.1) is 0 Å². The maximum Gasteiger partial charge on any atom is 0.274 e. The zero-order valence-electron chi connectivity index (χ0n) is 12.6. The number of rotatable bonds is 3. The average molecular weight is 319 g/mol. The molecule has 0 spiro atoms. The maximum absolute atomic E-state index is 12.4. The Morgan fingerprint density at radius 3 is 2.41 bits per heavy atom. The number of halogens is 1. The molecule has 0 N–H and O–H groups in total. The zero-order valence-corrected chi connectivity index (χ0v) is 13.3. The number of amides is 1. The van der Waals surface area contributed by atoms with Crippen LogP contribution in [-0.4, -0.2) is 46.8 Å². The van der Waals surface area contributed by atoms with E-state index in [4.69, 9.17) is 11.6 Å². The first-order chi connectivity index (χ1) is 10.7. The van der Waals surface area contributed by atoms with Gasteiger partial charge in [0.1, 0.15) is 5.69 Å². The number of benzene rings is 1. The topological polar surface area (TPSA) is 41.4 Å². The molecular formula is C16H19ClN4O. The van der Waals surface area contributed by atoms with Gasteiger partial charge < -0.3 is 9.80 Å². The Bertz CT molecular complexity index is 644. The standard InChI is InChI=1S/C16H19ClN4O/c1-2-21-8-7-15(18-21)16(22)20-11-9-19(10-12-20)14-5-3-13(17)4-6-14/h3-8H,2,9-12H2,1H3. The van der Waals surface area contributed by atoms with Crippen molar-refractivity contribution in [3.05, 3.63) is 47.2 Å². The molecule has 22 heavy (non-hydrogen) atoms. The van der Waals surface area contributed by atoms with Gasteiger partial charge in [0.25, 0.3) is 5.91 Å². The second kappa shape index (κ2) is 6.40. The van der Waals surface area contributed by atoms with Gasteiger partial charge >= 0.3 is 0 Å². The van der Waals surface area contributed by atoms with Crippen molar-refractivity contribution in [3.63, 3.8) is 0 Å². The number of carbonyl (C=O) groups excluding carboxylic acids is 1. The molecular weight excluding hydrogens is 300 g/mol. The van der Waals surface area contributed by atoms with E-state index >= 15 is 0 Å². The van der Waals surface area contributed by atoms with Gasteiger partial charge in [0.2, 0.25) is 0 Å². The minimum atomic E-state index is 0.0166. The summed E-state index contributed by atoms with van der Waals surface area (Å²) in [5.41, 5.74) is 1.67. The molecule has 116 valence electrons. The van der Waals surface area contributed by atoms with Crippen molar-refractivity contribution in [1.82, 2.24) is 14.7 Å². The van der Waals surface area contributed by atoms with Gasteiger partial charge in [-0.15, -0.1) is 0 Å². The lowest BCUT2D eigenvalue weighted by atomic mass is 10.2. The summed E-state index contributed by atoms with van der Waals surface area (Å²) in [7, 11) is 0. The number of carbonyl (C=O) groups is 1. The van der Waals surface area contributed by atoms with Crippen molar-refractivity contribution in [2.75, 3.05) is 31.1 Å². The van der Waals surface area contributed by atoms with Crippen LogP contribution in [0.15, 0.2) is 36.5 Å². The largest absolute Gasteiger partial charge is 0.368 e. The quantitative estimate of drug-likeness (QED) is 0.873. The summed E-state index contributed by atoms with van der Waals surface area (Å²) in [6.07, 6.45) is 1.84. The first kappa shape index (κ1) is 14.9. The van der Waals surface area contributed by atoms with Gasteiger partial charge in [-0.2, -0.15) is 5.10 Å². The maximum atomic E-state index is 12.4. The van der Waals surface area contributed by atoms with E-state index in [1.807, 2.05) is 42.3 Å². The molecule has 3 rings (SSSR count). The van der Waals surface area contributed by atoms with Crippen molar-refractivity contribution < 1.29 is 4.79 Å². The van der Waals surface area contributed by atoms with E-state index in [2.05, 4.69) is 10.00 Å². The predicted octanol–water partition coefficient (Wildman–Crippen LogP) is 2.52. The summed E-state index contributed by atoms with van der Waals surface area (Å²) < 4.78 is 1.77. The molecule has 1 saturated heterocycles. The minimum absolute atomic E-state index is 0.0166. The van der Waals surface area contributed by atoms with Crippen LogP contribution < -0.4 is 4.90 Å². The van der Waals surface area contributed by atoms with E-state index < -0.39 is 0 Å². The molecule has 0 saturated carbocycles. The van der Waals surface area contributed by atoms with Crippen molar-refractivity contribution >= 4 is 23.2 Å². The Morgan fingerprint density at radius 1 is 1.14 bits per heavy atom. The lowest BCUT2D eigenvalue weighted by molar-refractivity contribution is 0.0740. The normalized spacial score (nSPS) is 15.2. The summed E-state index contributed by atoms with van der Waals surface area (Å²) in [5.74, 6) is 0.0166. The van der Waals surface area contributed by atoms with Gasteiger partial charge in [-0.05, 0) is 37.3 Å². The third kappa shape index (κ3) is 3.09. The molecule has 1 aliphatic rings. The second-order valence-electron chi connectivity index (χ2n) is 5.31. The summed E-state index contributed by atoms with van der Waals surface area (Å²) in [5, 5.41) is 5.03. The van der Waals surface area contributed by atoms with E-state index in [0.717, 1.165) is 30.3 Å². The fourth-order valence-corrected chi connectivity index (χ4v) is 2.76. The highest BCUT2D eigenvalue weighted by Crippen LogP contribution is 2.19. The molecule has 2 heterocycles. The SMILES string of the molecule is CCn1ccc(C(=O)N2CCN(c3ccc(Cl)cc3)CC2)n1. The van der Waals surface area contributed by atoms with Crippen LogP contribution in [0, 0.1) is 0 Å². The van der Waals surface area contributed by atoms with Crippen LogP contribution in [0.2, 0.25) is 5.02 Å². The fraction of sp³-hybridized carbons (Fsp3) is 0.375. The molecule has 0 unspecified atom stereocenters. The Morgan fingerprint density at radius 2 is 1.82 bits per heavy atom. The molecule has 0 atom stereocenters. The zero-order chi connectivity index (χ0) is 15.5. The van der Waals surface area contributed by atoms with E-state index in [-0.39, 0.29) is 5.91 Å². The molecule has 0 aliphatic carbocycles. The van der Waals surface area contributed by atoms with Crippen LogP contribution in [0.4, 0.5) is 5.69 Å². The Hall–Kier alpha value is -2.01. The second-order valence-corrected chi connectivity index (χ2v) is 5.75. The number of hydrogen-bond donors (Lipinski definition) is 0. The number of anilines is 1. The van der Waals surface area contributed by atoms with Gasteiger partial charge in [-0.1, -0.05) is 11.6 Å². The highest BCUT2D eigenvalue weighted by molar-refractivity contribution is 6.30. The van der Waals surface area contributed by atoms with E-state index in [1.54, 1.807) is 10.7 Å². The third-order valence-electron chi connectivity index (χ3n) is 3.94. The number of piperazine rings is 1. The number of nitrogens with zero attached hydrogens (tertiary/aromatic N) is 4. The smallest absolute Gasteiger partial charge is 0.274 e. The molecule has 5 nitrogen and oxygen atoms in total. The molecule has 1 aromatic heterocycles. The first-order valence-corrected chi connectivity index (χ1v) is 7.88. The van der Waals surface area contributed by atoms with Crippen molar-refractivity contribution in [3.8, 4) is 0 Å². The Balaban J connectivity index is 1.61. The highest BCUT2D eigenvalue weighted by Gasteiger charge is 2.23. The number of hydrogen-bond acceptors (Lipinski definition) is 3. The summed E-state index contributed by atoms with van der Waals surface area (Å²) in [6.45, 7) is 5.84. The van der Waals surface area contributed by atoms with Crippen LogP contribution >= 0.6 is 11.6 Å². The lowest BCUT2D eigenvalue weighted by Crippen LogP contribution is -2.48. The van der Waals surface area contributed by atoms with Crippen LogP contribution in [0.25, 0.3) is 0 Å². The third-order valence-corrected chi connectivity index (χ3v) is 4.19. The van der Waals surface area contributed by atoms with Gasteiger partial charge in [0.15, 0.2) is 0 Å². The number of aromatic nitrogens is 2. The molecule has 2 aromatic rings. The first-order valence-electron chi connectivity index (χ1n) is 7.50. The Labute approximate surface area is 135 Å². The summed E-state index contributed by atoms with van der Waals surface area (Å²) >= 11 is 5.92. The van der Waals surface area contributed by atoms with E-state index in [1.165, 1.54) is 0 Å². The molecule has 1 aliphatic heterocycles. The average Bonchev–Trinajstić information content (AvgIpc) is 3.04. The number of aryl methyl sites for hydroxylation is 1. The molecule has 1 aromatic carbocycles. The monoisotopic (exact) mass is 318 g/mol. The fourth-order valence-electron chi connectivity index (χ4n) is 2.63. The highest BCUT2D eigenvalue weighted by atomic mass is 35.5. The van der Waals surface area contributed by atoms with Crippen LogP contribution in [0.5, 0.6) is 0 Å². The minimum Gasteiger partial charge on any atom is -0.368 e. The van der Waals surface area contributed by atoms with Crippen LogP contribution in [0.3, 0.4) is 0 Å². The molecule has 0 bridgehead atoms. The Kier molecular flexibility index (Phi) is 4.34. The van der Waals surface area contributed by atoms with Crippen molar-refractivity contribution in [2.24, 2.45) is 0 Å². The molecule has 6 heteroatoms. The summed E-state index contributed by atoms with van der Waals surface area (Å²) in [6, 6.07) is 9.61. The molecule has 0 radical (unpaired) electrons. The molecule has 1 amide bonds. The van der Waals surface area contributed by atoms with Gasteiger partial charge in [-0.3, -0.25) is 9.48 Å². The van der Waals surface area contributed by atoms with Crippen molar-refractivity contribution in [2.45, 2.75) is 13.5 Å². The van der Waals surface area contributed by atoms with Crippen molar-refractivity contribution in [1.29, 1.82) is 0 Å². The lowest BCUT2D eigenvalue weighted by Gasteiger charge is -2.35. The van der Waals surface area contributed by atoms with E-state index in [0.29, 0.717) is 18.8 Å². The summed E-state index contributed by atoms with van der Waals surface area (Å²) in [4.78, 5) is 16.6. The van der Waals surface area contributed by atoms with Gasteiger partial charge in [0, 0.05) is 49.6 Å².